The molecule has 0 aliphatic rings. The smallest absolute Gasteiger partial charge is 0.296 e. The Hall–Kier alpha value is -2.96. The third-order valence-electron chi connectivity index (χ3n) is 3.09. The van der Waals surface area contributed by atoms with E-state index in [1.54, 1.807) is 6.07 Å². The van der Waals surface area contributed by atoms with Crippen LogP contribution in [0.5, 0.6) is 11.5 Å². The number of aromatic hydroxyl groups is 2. The Labute approximate surface area is 126 Å². The Morgan fingerprint density at radius 1 is 1.05 bits per heavy atom. The molecule has 114 valence electrons. The molecule has 0 amide bonds. The van der Waals surface area contributed by atoms with Crippen LogP contribution >= 0.6 is 0 Å². The van der Waals surface area contributed by atoms with Crippen molar-refractivity contribution < 1.29 is 15.1 Å². The Balaban J connectivity index is 2.44. The molecule has 0 fully saturated rings. The van der Waals surface area contributed by atoms with Crippen molar-refractivity contribution in [2.75, 3.05) is 0 Å². The second-order valence-electron chi connectivity index (χ2n) is 4.97. The van der Waals surface area contributed by atoms with Gasteiger partial charge < -0.3 is 10.2 Å². The summed E-state index contributed by atoms with van der Waals surface area (Å²) >= 11 is 0. The lowest BCUT2D eigenvalue weighted by molar-refractivity contribution is -0.384. The van der Waals surface area contributed by atoms with Gasteiger partial charge >= 0.3 is 0 Å². The predicted molar refractivity (Wildman–Crippen MR) is 81.1 cm³/mol. The molecule has 0 aliphatic heterocycles. The highest BCUT2D eigenvalue weighted by Gasteiger charge is 2.16. The number of phenols is 2. The van der Waals surface area contributed by atoms with Crippen LogP contribution in [0.4, 0.5) is 17.1 Å². The maximum absolute atomic E-state index is 10.9. The lowest BCUT2D eigenvalue weighted by atomic mass is 10.00. The summed E-state index contributed by atoms with van der Waals surface area (Å²) in [6.07, 6.45) is 0. The van der Waals surface area contributed by atoms with E-state index in [-0.39, 0.29) is 34.5 Å². The van der Waals surface area contributed by atoms with E-state index < -0.39 is 4.92 Å². The van der Waals surface area contributed by atoms with Gasteiger partial charge in [-0.05, 0) is 24.1 Å². The molecular weight excluding hydrogens is 286 g/mol. The second-order valence-corrected chi connectivity index (χ2v) is 4.97. The third kappa shape index (κ3) is 3.03. The standard InChI is InChI=1S/C15H15N3O4/c1-9(2)14-13(19)8-7-11(15(14)20)17-16-10-5-3-4-6-12(10)18(21)22/h3-9,19-20H,1-2H3. The number of hydrogen-bond donors (Lipinski definition) is 2. The number of azo groups is 1. The zero-order chi connectivity index (χ0) is 16.3. The number of hydrogen-bond acceptors (Lipinski definition) is 6. The molecule has 0 heterocycles. The summed E-state index contributed by atoms with van der Waals surface area (Å²) in [6.45, 7) is 3.63. The van der Waals surface area contributed by atoms with Crippen LogP contribution < -0.4 is 0 Å². The minimum absolute atomic E-state index is 0.0304. The maximum Gasteiger partial charge on any atom is 0.296 e. The van der Waals surface area contributed by atoms with E-state index in [1.807, 2.05) is 13.8 Å². The highest BCUT2D eigenvalue weighted by molar-refractivity contribution is 5.62. The van der Waals surface area contributed by atoms with Crippen LogP contribution in [0.1, 0.15) is 25.3 Å². The molecule has 0 radical (unpaired) electrons. The summed E-state index contributed by atoms with van der Waals surface area (Å²) in [5.41, 5.74) is 0.415. The maximum atomic E-state index is 10.9. The van der Waals surface area contributed by atoms with E-state index in [4.69, 9.17) is 0 Å². The molecule has 2 aromatic carbocycles. The van der Waals surface area contributed by atoms with Crippen LogP contribution in [-0.4, -0.2) is 15.1 Å². The summed E-state index contributed by atoms with van der Waals surface area (Å²) < 4.78 is 0. The number of nitro groups is 1. The molecule has 22 heavy (non-hydrogen) atoms. The zero-order valence-corrected chi connectivity index (χ0v) is 12.1. The lowest BCUT2D eigenvalue weighted by Crippen LogP contribution is -1.89. The summed E-state index contributed by atoms with van der Waals surface area (Å²) in [6, 6.07) is 8.73. The van der Waals surface area contributed by atoms with Crippen molar-refractivity contribution in [3.63, 3.8) is 0 Å². The summed E-state index contributed by atoms with van der Waals surface area (Å²) in [7, 11) is 0. The molecule has 7 nitrogen and oxygen atoms in total. The van der Waals surface area contributed by atoms with Gasteiger partial charge in [-0.3, -0.25) is 10.1 Å². The van der Waals surface area contributed by atoms with Gasteiger partial charge in [-0.1, -0.05) is 26.0 Å². The van der Waals surface area contributed by atoms with Crippen molar-refractivity contribution >= 4 is 17.1 Å². The molecule has 0 aromatic heterocycles. The molecule has 0 bridgehead atoms. The molecule has 2 rings (SSSR count). The van der Waals surface area contributed by atoms with E-state index in [9.17, 15) is 20.3 Å². The highest BCUT2D eigenvalue weighted by Crippen LogP contribution is 2.41. The van der Waals surface area contributed by atoms with Crippen LogP contribution in [-0.2, 0) is 0 Å². The van der Waals surface area contributed by atoms with Gasteiger partial charge in [0.05, 0.1) is 4.92 Å². The normalized spacial score (nSPS) is 11.2. The molecule has 0 saturated carbocycles. The summed E-state index contributed by atoms with van der Waals surface area (Å²) in [5.74, 6) is -0.323. The SMILES string of the molecule is CC(C)c1c(O)ccc(N=Nc2ccccc2[N+](=O)[O-])c1O. The van der Waals surface area contributed by atoms with Crippen LogP contribution in [0.2, 0.25) is 0 Å². The molecular formula is C15H15N3O4. The lowest BCUT2D eigenvalue weighted by Gasteiger charge is -2.11. The van der Waals surface area contributed by atoms with Gasteiger partial charge in [0, 0.05) is 11.6 Å². The van der Waals surface area contributed by atoms with Gasteiger partial charge in [0.15, 0.2) is 5.69 Å². The van der Waals surface area contributed by atoms with E-state index in [2.05, 4.69) is 10.2 Å². The van der Waals surface area contributed by atoms with Gasteiger partial charge in [0.1, 0.15) is 17.2 Å². The van der Waals surface area contributed by atoms with Crippen molar-refractivity contribution in [3.8, 4) is 11.5 Å². The second kappa shape index (κ2) is 6.21. The first kappa shape index (κ1) is 15.4. The van der Waals surface area contributed by atoms with E-state index in [1.165, 1.54) is 30.3 Å². The molecule has 0 atom stereocenters. The quantitative estimate of drug-likeness (QED) is 0.490. The Morgan fingerprint density at radius 2 is 1.68 bits per heavy atom. The van der Waals surface area contributed by atoms with Crippen molar-refractivity contribution in [1.29, 1.82) is 0 Å². The summed E-state index contributed by atoms with van der Waals surface area (Å²) in [4.78, 5) is 10.4. The zero-order valence-electron chi connectivity index (χ0n) is 12.1. The van der Waals surface area contributed by atoms with Crippen LogP contribution in [0, 0.1) is 10.1 Å². The van der Waals surface area contributed by atoms with Gasteiger partial charge in [-0.25, -0.2) is 0 Å². The van der Waals surface area contributed by atoms with Crippen molar-refractivity contribution in [2.24, 2.45) is 10.2 Å². The molecule has 2 N–H and O–H groups in total. The molecule has 0 unspecified atom stereocenters. The molecule has 7 heteroatoms. The number of nitro benzene ring substituents is 1. The van der Waals surface area contributed by atoms with Crippen LogP contribution in [0.15, 0.2) is 46.6 Å². The number of para-hydroxylation sites is 1. The first-order chi connectivity index (χ1) is 10.4. The van der Waals surface area contributed by atoms with Crippen molar-refractivity contribution in [2.45, 2.75) is 19.8 Å². The fourth-order valence-electron chi connectivity index (χ4n) is 2.05. The minimum atomic E-state index is -0.551. The third-order valence-corrected chi connectivity index (χ3v) is 3.09. The van der Waals surface area contributed by atoms with Gasteiger partial charge in [0.2, 0.25) is 0 Å². The average Bonchev–Trinajstić information content (AvgIpc) is 2.46. The van der Waals surface area contributed by atoms with Crippen LogP contribution in [0.3, 0.4) is 0 Å². The number of phenolic OH excluding ortho intramolecular Hbond substituents is 2. The molecule has 0 saturated heterocycles. The fourth-order valence-corrected chi connectivity index (χ4v) is 2.05. The average molecular weight is 301 g/mol. The van der Waals surface area contributed by atoms with Gasteiger partial charge in [-0.2, -0.15) is 0 Å². The van der Waals surface area contributed by atoms with E-state index >= 15 is 0 Å². The number of benzene rings is 2. The van der Waals surface area contributed by atoms with E-state index in [0.717, 1.165) is 0 Å². The molecule has 2 aromatic rings. The fraction of sp³-hybridized carbons (Fsp3) is 0.200. The largest absolute Gasteiger partial charge is 0.508 e. The number of rotatable bonds is 4. The number of nitrogens with zero attached hydrogens (tertiary/aromatic N) is 3. The highest BCUT2D eigenvalue weighted by atomic mass is 16.6. The Kier molecular flexibility index (Phi) is 4.36. The minimum Gasteiger partial charge on any atom is -0.508 e. The topological polar surface area (TPSA) is 108 Å². The predicted octanol–water partition coefficient (Wildman–Crippen LogP) is 4.54. The van der Waals surface area contributed by atoms with Crippen LogP contribution in [0.25, 0.3) is 0 Å². The first-order valence-corrected chi connectivity index (χ1v) is 6.61. The van der Waals surface area contributed by atoms with E-state index in [0.29, 0.717) is 5.56 Å². The van der Waals surface area contributed by atoms with Crippen molar-refractivity contribution in [1.82, 2.24) is 0 Å². The van der Waals surface area contributed by atoms with Gasteiger partial charge in [0.25, 0.3) is 5.69 Å². The molecule has 0 aliphatic carbocycles. The molecule has 0 spiro atoms. The monoisotopic (exact) mass is 301 g/mol. The summed E-state index contributed by atoms with van der Waals surface area (Å²) in [5, 5.41) is 38.5. The Morgan fingerprint density at radius 3 is 2.32 bits per heavy atom. The van der Waals surface area contributed by atoms with Gasteiger partial charge in [-0.15, -0.1) is 10.2 Å². The Bertz CT molecular complexity index is 742. The van der Waals surface area contributed by atoms with Crippen molar-refractivity contribution in [3.05, 3.63) is 52.1 Å². The first-order valence-electron chi connectivity index (χ1n) is 6.61.